The Morgan fingerprint density at radius 3 is 1.67 bits per heavy atom. The second-order valence-corrected chi connectivity index (χ2v) is 14.7. The maximum absolute atomic E-state index is 2.51. The van der Waals surface area contributed by atoms with Gasteiger partial charge in [-0.05, 0) is 64.0 Å². The lowest BCUT2D eigenvalue weighted by atomic mass is 9.97. The number of hydrogen-bond acceptors (Lipinski definition) is 1. The van der Waals surface area contributed by atoms with Crippen molar-refractivity contribution in [2.24, 2.45) is 0 Å². The Morgan fingerprint density at radius 2 is 0.882 bits per heavy atom. The molecule has 0 aliphatic heterocycles. The summed E-state index contributed by atoms with van der Waals surface area (Å²) in [6.07, 6.45) is 0. The molecule has 0 fully saturated rings. The monoisotopic (exact) mass is 664 g/mol. The number of nitrogens with zero attached hydrogens (tertiary/aromatic N) is 2. The van der Waals surface area contributed by atoms with E-state index >= 15 is 0 Å². The van der Waals surface area contributed by atoms with Gasteiger partial charge in [-0.2, -0.15) is 0 Å². The van der Waals surface area contributed by atoms with Crippen molar-refractivity contribution in [3.63, 3.8) is 0 Å². The van der Waals surface area contributed by atoms with Gasteiger partial charge in [0.25, 0.3) is 0 Å². The molecule has 0 unspecified atom stereocenters. The van der Waals surface area contributed by atoms with Crippen molar-refractivity contribution in [1.29, 1.82) is 0 Å². The minimum atomic E-state index is 1.18. The van der Waals surface area contributed by atoms with Crippen LogP contribution < -0.4 is 0 Å². The van der Waals surface area contributed by atoms with Crippen molar-refractivity contribution in [2.75, 3.05) is 0 Å². The van der Waals surface area contributed by atoms with Crippen molar-refractivity contribution < 1.29 is 0 Å². The quantitative estimate of drug-likeness (QED) is 0.163. The van der Waals surface area contributed by atoms with Crippen LogP contribution in [0.1, 0.15) is 0 Å². The topological polar surface area (TPSA) is 9.86 Å². The number of hydrogen-bond donors (Lipinski definition) is 0. The van der Waals surface area contributed by atoms with Crippen LogP contribution in [0.15, 0.2) is 170 Å². The molecule has 12 aromatic rings. The molecule has 0 aliphatic rings. The third kappa shape index (κ3) is 3.60. The summed E-state index contributed by atoms with van der Waals surface area (Å²) < 4.78 is 7.62. The van der Waals surface area contributed by atoms with E-state index in [1.54, 1.807) is 0 Å². The molecule has 12 rings (SSSR count). The molecular formula is C48H28N2S. The highest BCUT2D eigenvalue weighted by Crippen LogP contribution is 2.46. The van der Waals surface area contributed by atoms with Gasteiger partial charge in [-0.25, -0.2) is 0 Å². The third-order valence-electron chi connectivity index (χ3n) is 11.1. The molecule has 2 nitrogen and oxygen atoms in total. The minimum Gasteiger partial charge on any atom is -0.309 e. The molecule has 0 aliphatic carbocycles. The Bertz CT molecular complexity index is 3410. The van der Waals surface area contributed by atoms with Gasteiger partial charge in [-0.3, -0.25) is 0 Å². The summed E-state index contributed by atoms with van der Waals surface area (Å²) in [4.78, 5) is 0. The average Bonchev–Trinajstić information content (AvgIpc) is 3.86. The predicted octanol–water partition coefficient (Wildman–Crippen LogP) is 13.7. The summed E-state index contributed by atoms with van der Waals surface area (Å²) in [7, 11) is 0. The standard InChI is InChI=1S/C48H28N2S/c1-2-12-30(13-3-1)49-41-20-10-8-16-34(41)37-25-22-29-23-26-38-40-28-31(24-27-43(40)51-48(38)44(29)46(37)49)50-42-21-11-9-19-39(42)45-35-17-6-4-14-32(35)33-15-5-7-18-36(33)47(45)50/h1-28H. The number of benzene rings is 9. The van der Waals surface area contributed by atoms with E-state index in [-0.39, 0.29) is 0 Å². The van der Waals surface area contributed by atoms with Gasteiger partial charge in [-0.15, -0.1) is 11.3 Å². The Balaban J connectivity index is 1.21. The molecule has 0 saturated carbocycles. The molecule has 0 amide bonds. The van der Waals surface area contributed by atoms with Crippen LogP contribution in [0.25, 0.3) is 107 Å². The van der Waals surface area contributed by atoms with Crippen molar-refractivity contribution in [3.05, 3.63) is 170 Å². The zero-order valence-electron chi connectivity index (χ0n) is 27.5. The Morgan fingerprint density at radius 1 is 0.333 bits per heavy atom. The molecular weight excluding hydrogens is 637 g/mol. The van der Waals surface area contributed by atoms with E-state index in [1.807, 2.05) is 11.3 Å². The lowest BCUT2D eigenvalue weighted by Crippen LogP contribution is -1.94. The molecule has 0 radical (unpaired) electrons. The Kier molecular flexibility index (Phi) is 5.41. The number of fused-ring (bicyclic) bond motifs is 17. The molecule has 3 heteroatoms. The highest BCUT2D eigenvalue weighted by Gasteiger charge is 2.21. The molecule has 51 heavy (non-hydrogen) atoms. The van der Waals surface area contributed by atoms with Crippen molar-refractivity contribution in [2.45, 2.75) is 0 Å². The summed E-state index contributed by atoms with van der Waals surface area (Å²) in [5, 5.41) is 15.5. The van der Waals surface area contributed by atoms with Crippen LogP contribution >= 0.6 is 11.3 Å². The zero-order chi connectivity index (χ0) is 33.2. The minimum absolute atomic E-state index is 1.18. The maximum atomic E-state index is 2.51. The summed E-state index contributed by atoms with van der Waals surface area (Å²) in [5.74, 6) is 0. The SMILES string of the molecule is c1ccc(-n2c3ccccc3c3ccc4ccc5c6cc(-n7c8ccccc8c8c9ccccc9c9ccccc9c87)ccc6sc5c4c32)cc1. The lowest BCUT2D eigenvalue weighted by molar-refractivity contribution is 1.19. The molecule has 0 spiro atoms. The lowest BCUT2D eigenvalue weighted by Gasteiger charge is -2.12. The molecule has 0 bridgehead atoms. The highest BCUT2D eigenvalue weighted by molar-refractivity contribution is 7.26. The number of thiophene rings is 1. The van der Waals surface area contributed by atoms with E-state index in [0.717, 1.165) is 0 Å². The highest BCUT2D eigenvalue weighted by atomic mass is 32.1. The zero-order valence-corrected chi connectivity index (χ0v) is 28.3. The number of para-hydroxylation sites is 3. The van der Waals surface area contributed by atoms with Gasteiger partial charge in [0.1, 0.15) is 0 Å². The van der Waals surface area contributed by atoms with Crippen molar-refractivity contribution in [3.8, 4) is 11.4 Å². The first-order valence-electron chi connectivity index (χ1n) is 17.5. The first-order chi connectivity index (χ1) is 25.3. The first-order valence-corrected chi connectivity index (χ1v) is 18.3. The Labute approximate surface area is 296 Å². The predicted molar refractivity (Wildman–Crippen MR) is 221 cm³/mol. The van der Waals surface area contributed by atoms with Gasteiger partial charge in [0.05, 0.1) is 22.1 Å². The van der Waals surface area contributed by atoms with Gasteiger partial charge in [-0.1, -0.05) is 127 Å². The molecule has 0 saturated heterocycles. The van der Waals surface area contributed by atoms with Gasteiger partial charge in [0.15, 0.2) is 0 Å². The van der Waals surface area contributed by atoms with Crippen LogP contribution in [0.4, 0.5) is 0 Å². The third-order valence-corrected chi connectivity index (χ3v) is 12.3. The second kappa shape index (κ2) is 10.1. The fourth-order valence-electron chi connectivity index (χ4n) is 8.96. The summed E-state index contributed by atoms with van der Waals surface area (Å²) in [6.45, 7) is 0. The molecule has 9 aromatic carbocycles. The van der Waals surface area contributed by atoms with Crippen LogP contribution in [0, 0.1) is 0 Å². The molecule has 0 atom stereocenters. The van der Waals surface area contributed by atoms with Crippen LogP contribution in [0.5, 0.6) is 0 Å². The Hall–Kier alpha value is -6.42. The largest absolute Gasteiger partial charge is 0.309 e. The van der Waals surface area contributed by atoms with Crippen LogP contribution in [-0.2, 0) is 0 Å². The molecule has 3 aromatic heterocycles. The van der Waals surface area contributed by atoms with E-state index in [2.05, 4.69) is 179 Å². The normalized spacial score (nSPS) is 12.3. The summed E-state index contributed by atoms with van der Waals surface area (Å²) in [5.41, 5.74) is 7.38. The van der Waals surface area contributed by atoms with Crippen molar-refractivity contribution >= 4 is 107 Å². The summed E-state index contributed by atoms with van der Waals surface area (Å²) in [6, 6.07) is 62.7. The maximum Gasteiger partial charge on any atom is 0.0633 e. The molecule has 236 valence electrons. The van der Waals surface area contributed by atoms with Crippen LogP contribution in [0.2, 0.25) is 0 Å². The van der Waals surface area contributed by atoms with E-state index in [9.17, 15) is 0 Å². The number of rotatable bonds is 2. The molecule has 3 heterocycles. The van der Waals surface area contributed by atoms with Crippen LogP contribution in [0.3, 0.4) is 0 Å². The summed E-state index contributed by atoms with van der Waals surface area (Å²) >= 11 is 1.91. The van der Waals surface area contributed by atoms with Gasteiger partial charge >= 0.3 is 0 Å². The van der Waals surface area contributed by atoms with Crippen molar-refractivity contribution in [1.82, 2.24) is 9.13 Å². The second-order valence-electron chi connectivity index (χ2n) is 13.6. The molecule has 0 N–H and O–H groups in total. The van der Waals surface area contributed by atoms with Gasteiger partial charge in [0.2, 0.25) is 0 Å². The average molecular weight is 665 g/mol. The van der Waals surface area contributed by atoms with E-state index in [0.29, 0.717) is 0 Å². The van der Waals surface area contributed by atoms with Gasteiger partial charge in [0, 0.05) is 63.9 Å². The van der Waals surface area contributed by atoms with Crippen LogP contribution in [-0.4, -0.2) is 9.13 Å². The van der Waals surface area contributed by atoms with E-state index < -0.39 is 0 Å². The van der Waals surface area contributed by atoms with E-state index in [1.165, 1.54) is 107 Å². The smallest absolute Gasteiger partial charge is 0.0633 e. The van der Waals surface area contributed by atoms with Gasteiger partial charge < -0.3 is 9.13 Å². The fraction of sp³-hybridized carbons (Fsp3) is 0. The number of aromatic nitrogens is 2. The fourth-order valence-corrected chi connectivity index (χ4v) is 10.2. The van der Waals surface area contributed by atoms with E-state index in [4.69, 9.17) is 0 Å². The first kappa shape index (κ1) is 27.4.